The van der Waals surface area contributed by atoms with Gasteiger partial charge in [-0.3, -0.25) is 10.1 Å². The number of benzene rings is 1. The zero-order valence-electron chi connectivity index (χ0n) is 10.7. The topological polar surface area (TPSA) is 96.4 Å². The van der Waals surface area contributed by atoms with Crippen LogP contribution < -0.4 is 5.32 Å². The number of hydrogen-bond donors (Lipinski definition) is 2. The SMILES string of the molecule is Cc1ccc(O)c(C(=O)Nc2nc(S(C)(=O)=O)cs2)c1. The molecule has 1 aromatic heterocycles. The Morgan fingerprint density at radius 1 is 1.40 bits per heavy atom. The molecule has 0 aliphatic carbocycles. The van der Waals surface area contributed by atoms with E-state index >= 15 is 0 Å². The molecule has 2 N–H and O–H groups in total. The first-order chi connectivity index (χ1) is 9.27. The van der Waals surface area contributed by atoms with Gasteiger partial charge in [-0.15, -0.1) is 11.3 Å². The van der Waals surface area contributed by atoms with Gasteiger partial charge in [0.15, 0.2) is 20.0 Å². The number of sulfone groups is 1. The smallest absolute Gasteiger partial charge is 0.261 e. The predicted molar refractivity (Wildman–Crippen MR) is 76.0 cm³/mol. The van der Waals surface area contributed by atoms with Gasteiger partial charge in [0.25, 0.3) is 5.91 Å². The van der Waals surface area contributed by atoms with Crippen LogP contribution in [0.1, 0.15) is 15.9 Å². The summed E-state index contributed by atoms with van der Waals surface area (Å²) in [6, 6.07) is 4.64. The molecule has 0 atom stereocenters. The minimum absolute atomic E-state index is 0.0914. The summed E-state index contributed by atoms with van der Waals surface area (Å²) in [6.07, 6.45) is 1.04. The van der Waals surface area contributed by atoms with E-state index in [1.807, 2.05) is 0 Å². The molecule has 20 heavy (non-hydrogen) atoms. The van der Waals surface area contributed by atoms with Gasteiger partial charge in [0.2, 0.25) is 0 Å². The van der Waals surface area contributed by atoms with Gasteiger partial charge in [0.1, 0.15) is 5.75 Å². The Morgan fingerprint density at radius 2 is 2.10 bits per heavy atom. The first-order valence-electron chi connectivity index (χ1n) is 5.54. The second-order valence-electron chi connectivity index (χ2n) is 4.24. The number of phenolic OH excluding ortho intramolecular Hbond substituents is 1. The molecule has 0 aliphatic heterocycles. The highest BCUT2D eigenvalue weighted by Gasteiger charge is 2.16. The molecule has 0 spiro atoms. The normalized spacial score (nSPS) is 11.3. The van der Waals surface area contributed by atoms with Crippen LogP contribution in [0.4, 0.5) is 5.13 Å². The van der Waals surface area contributed by atoms with E-state index in [0.717, 1.165) is 23.2 Å². The van der Waals surface area contributed by atoms with Gasteiger partial charge in [-0.1, -0.05) is 11.6 Å². The van der Waals surface area contributed by atoms with Gasteiger partial charge in [0, 0.05) is 11.6 Å². The molecule has 0 aliphatic rings. The Balaban J connectivity index is 2.24. The number of nitrogens with one attached hydrogen (secondary N) is 1. The van der Waals surface area contributed by atoms with Crippen LogP contribution in [-0.2, 0) is 9.84 Å². The van der Waals surface area contributed by atoms with E-state index in [1.165, 1.54) is 17.5 Å². The molecule has 0 saturated carbocycles. The number of nitrogens with zero attached hydrogens (tertiary/aromatic N) is 1. The van der Waals surface area contributed by atoms with Crippen molar-refractivity contribution in [2.45, 2.75) is 11.9 Å². The summed E-state index contributed by atoms with van der Waals surface area (Å²) in [7, 11) is -3.40. The number of rotatable bonds is 3. The van der Waals surface area contributed by atoms with Crippen molar-refractivity contribution in [3.05, 3.63) is 34.7 Å². The number of aryl methyl sites for hydroxylation is 1. The van der Waals surface area contributed by atoms with Crippen molar-refractivity contribution in [1.29, 1.82) is 0 Å². The van der Waals surface area contributed by atoms with Crippen molar-refractivity contribution >= 4 is 32.2 Å². The summed E-state index contributed by atoms with van der Waals surface area (Å²) in [6.45, 7) is 1.79. The maximum absolute atomic E-state index is 12.0. The Hall–Kier alpha value is -1.93. The van der Waals surface area contributed by atoms with Crippen molar-refractivity contribution in [2.24, 2.45) is 0 Å². The zero-order valence-corrected chi connectivity index (χ0v) is 12.4. The largest absolute Gasteiger partial charge is 0.507 e. The van der Waals surface area contributed by atoms with E-state index in [2.05, 4.69) is 10.3 Å². The molecule has 1 heterocycles. The fraction of sp³-hybridized carbons (Fsp3) is 0.167. The summed E-state index contributed by atoms with van der Waals surface area (Å²) in [4.78, 5) is 15.8. The molecule has 8 heteroatoms. The summed E-state index contributed by atoms with van der Waals surface area (Å²) in [5.41, 5.74) is 0.935. The highest BCUT2D eigenvalue weighted by atomic mass is 32.2. The highest BCUT2D eigenvalue weighted by molar-refractivity contribution is 7.90. The van der Waals surface area contributed by atoms with Crippen LogP contribution in [-0.4, -0.2) is 30.7 Å². The van der Waals surface area contributed by atoms with Crippen molar-refractivity contribution in [3.63, 3.8) is 0 Å². The molecular formula is C12H12N2O4S2. The lowest BCUT2D eigenvalue weighted by Crippen LogP contribution is -2.12. The van der Waals surface area contributed by atoms with Crippen LogP contribution in [0, 0.1) is 6.92 Å². The number of aromatic hydroxyl groups is 1. The van der Waals surface area contributed by atoms with Gasteiger partial charge in [-0.05, 0) is 19.1 Å². The lowest BCUT2D eigenvalue weighted by Gasteiger charge is -2.05. The third-order valence-electron chi connectivity index (χ3n) is 2.48. The van der Waals surface area contributed by atoms with Gasteiger partial charge in [0.05, 0.1) is 5.56 Å². The summed E-state index contributed by atoms with van der Waals surface area (Å²) >= 11 is 1.01. The van der Waals surface area contributed by atoms with Crippen LogP contribution in [0.25, 0.3) is 0 Å². The van der Waals surface area contributed by atoms with Gasteiger partial charge >= 0.3 is 0 Å². The third kappa shape index (κ3) is 3.14. The zero-order chi connectivity index (χ0) is 14.9. The Labute approximate surface area is 120 Å². The van der Waals surface area contributed by atoms with Crippen molar-refractivity contribution in [2.75, 3.05) is 11.6 Å². The van der Waals surface area contributed by atoms with E-state index in [1.54, 1.807) is 13.0 Å². The molecule has 106 valence electrons. The fourth-order valence-electron chi connectivity index (χ4n) is 1.48. The van der Waals surface area contributed by atoms with Crippen LogP contribution in [0.3, 0.4) is 0 Å². The molecule has 1 amide bonds. The Morgan fingerprint density at radius 3 is 2.70 bits per heavy atom. The summed E-state index contributed by atoms with van der Waals surface area (Å²) < 4.78 is 22.6. The number of thiazole rings is 1. The van der Waals surface area contributed by atoms with Gasteiger partial charge in [-0.2, -0.15) is 0 Å². The first-order valence-corrected chi connectivity index (χ1v) is 8.31. The first kappa shape index (κ1) is 14.5. The van der Waals surface area contributed by atoms with Gasteiger partial charge in [-0.25, -0.2) is 13.4 Å². The summed E-state index contributed by atoms with van der Waals surface area (Å²) in [5, 5.41) is 13.5. The van der Waals surface area contributed by atoms with Crippen molar-refractivity contribution in [3.8, 4) is 5.75 Å². The van der Waals surface area contributed by atoms with Crippen LogP contribution in [0.15, 0.2) is 28.6 Å². The molecule has 0 unspecified atom stereocenters. The average Bonchev–Trinajstić information content (AvgIpc) is 2.80. The van der Waals surface area contributed by atoms with E-state index in [4.69, 9.17) is 0 Å². The molecule has 1 aromatic carbocycles. The molecule has 6 nitrogen and oxygen atoms in total. The molecule has 2 rings (SSSR count). The molecule has 0 saturated heterocycles. The van der Waals surface area contributed by atoms with Gasteiger partial charge < -0.3 is 5.11 Å². The maximum Gasteiger partial charge on any atom is 0.261 e. The summed E-state index contributed by atoms with van der Waals surface area (Å²) in [5.74, 6) is -0.686. The molecule has 0 fully saturated rings. The van der Waals surface area contributed by atoms with Crippen LogP contribution in [0.2, 0.25) is 0 Å². The number of hydrogen-bond acceptors (Lipinski definition) is 6. The van der Waals surface area contributed by atoms with E-state index in [9.17, 15) is 18.3 Å². The standard InChI is InChI=1S/C12H12N2O4S2/c1-7-3-4-9(15)8(5-7)11(16)14-12-13-10(6-19-12)20(2,17)18/h3-6,15H,1-2H3,(H,13,14,16). The molecular weight excluding hydrogens is 300 g/mol. The number of amides is 1. The minimum atomic E-state index is -3.40. The number of phenols is 1. The number of carbonyl (C=O) groups excluding carboxylic acids is 1. The molecule has 0 radical (unpaired) electrons. The maximum atomic E-state index is 12.0. The van der Waals surface area contributed by atoms with Crippen molar-refractivity contribution < 1.29 is 18.3 Å². The lowest BCUT2D eigenvalue weighted by atomic mass is 10.1. The molecule has 0 bridgehead atoms. The number of anilines is 1. The highest BCUT2D eigenvalue weighted by Crippen LogP contribution is 2.23. The Kier molecular flexibility index (Phi) is 3.78. The second-order valence-corrected chi connectivity index (χ2v) is 7.06. The van der Waals surface area contributed by atoms with E-state index < -0.39 is 15.7 Å². The predicted octanol–water partition coefficient (Wildman–Crippen LogP) is 1.81. The molecule has 2 aromatic rings. The van der Waals surface area contributed by atoms with Crippen LogP contribution >= 0.6 is 11.3 Å². The van der Waals surface area contributed by atoms with E-state index in [-0.39, 0.29) is 21.5 Å². The average molecular weight is 312 g/mol. The monoisotopic (exact) mass is 312 g/mol. The van der Waals surface area contributed by atoms with Crippen LogP contribution in [0.5, 0.6) is 5.75 Å². The lowest BCUT2D eigenvalue weighted by molar-refractivity contribution is 0.102. The Bertz CT molecular complexity index is 766. The number of carbonyl (C=O) groups is 1. The second kappa shape index (κ2) is 5.22. The fourth-order valence-corrected chi connectivity index (χ4v) is 3.21. The van der Waals surface area contributed by atoms with Crippen molar-refractivity contribution in [1.82, 2.24) is 4.98 Å². The number of aromatic nitrogens is 1. The quantitative estimate of drug-likeness (QED) is 0.901. The minimum Gasteiger partial charge on any atom is -0.507 e. The van der Waals surface area contributed by atoms with E-state index in [0.29, 0.717) is 0 Å². The third-order valence-corrected chi connectivity index (χ3v) is 4.36.